The summed E-state index contributed by atoms with van der Waals surface area (Å²) in [6.45, 7) is 8.91. The summed E-state index contributed by atoms with van der Waals surface area (Å²) in [7, 11) is 1.53. The van der Waals surface area contributed by atoms with E-state index in [1.165, 1.54) is 7.11 Å². The van der Waals surface area contributed by atoms with Crippen molar-refractivity contribution in [3.63, 3.8) is 0 Å². The zero-order chi connectivity index (χ0) is 23.5. The van der Waals surface area contributed by atoms with E-state index in [2.05, 4.69) is 32.0 Å². The van der Waals surface area contributed by atoms with Crippen LogP contribution in [0.3, 0.4) is 0 Å². The molecule has 1 aliphatic rings. The highest BCUT2D eigenvalue weighted by Gasteiger charge is 2.13. The number of carbonyl (C=O) groups is 1. The van der Waals surface area contributed by atoms with Gasteiger partial charge in [-0.15, -0.1) is 10.2 Å². The third-order valence-electron chi connectivity index (χ3n) is 5.22. The number of amides is 1. The van der Waals surface area contributed by atoms with Crippen molar-refractivity contribution >= 4 is 5.91 Å². The lowest BCUT2D eigenvalue weighted by atomic mass is 10.2. The average Bonchev–Trinajstić information content (AvgIpc) is 2.85. The summed E-state index contributed by atoms with van der Waals surface area (Å²) >= 11 is 0. The molecule has 0 bridgehead atoms. The molecule has 1 amide bonds. The first kappa shape index (κ1) is 24.4. The van der Waals surface area contributed by atoms with Gasteiger partial charge in [-0.2, -0.15) is 0 Å². The van der Waals surface area contributed by atoms with E-state index in [0.29, 0.717) is 36.0 Å². The molecule has 10 nitrogen and oxygen atoms in total. The fourth-order valence-electron chi connectivity index (χ4n) is 3.41. The van der Waals surface area contributed by atoms with Crippen molar-refractivity contribution in [2.24, 2.45) is 0 Å². The minimum absolute atomic E-state index is 0.109. The molecule has 1 aromatic carbocycles. The molecule has 2 aromatic rings. The van der Waals surface area contributed by atoms with Crippen molar-refractivity contribution in [3.8, 4) is 22.9 Å². The van der Waals surface area contributed by atoms with Crippen LogP contribution in [0.15, 0.2) is 35.6 Å². The summed E-state index contributed by atoms with van der Waals surface area (Å²) in [4.78, 5) is 29.6. The van der Waals surface area contributed by atoms with Crippen LogP contribution in [0.1, 0.15) is 18.5 Å². The lowest BCUT2D eigenvalue weighted by Gasteiger charge is -2.26. The van der Waals surface area contributed by atoms with Crippen LogP contribution in [0.5, 0.6) is 11.5 Å². The fourth-order valence-corrected chi connectivity index (χ4v) is 3.41. The maximum absolute atomic E-state index is 12.5. The number of nitrogens with one attached hydrogen (secondary N) is 2. The second-order valence-corrected chi connectivity index (χ2v) is 7.57. The van der Waals surface area contributed by atoms with Gasteiger partial charge in [-0.1, -0.05) is 12.7 Å². The standard InChI is InChI=1S/C23H31N5O5/c1-3-13-33-19-7-5-17(16-20(19)31-2)22-25-23(30)18(26-27-22)6-8-21(29)24-9-4-10-28-11-14-32-15-12-28/h3,5,7,16H,1,4,6,8-15H2,2H3,(H,24,29)(H,25,27,30). The van der Waals surface area contributed by atoms with Crippen LogP contribution in [0.4, 0.5) is 0 Å². The number of rotatable bonds is 12. The molecule has 0 spiro atoms. The van der Waals surface area contributed by atoms with Crippen LogP contribution in [0.25, 0.3) is 11.4 Å². The average molecular weight is 458 g/mol. The summed E-state index contributed by atoms with van der Waals surface area (Å²) in [6, 6.07) is 5.20. The number of H-pyrrole nitrogens is 1. The Morgan fingerprint density at radius 2 is 2.12 bits per heavy atom. The van der Waals surface area contributed by atoms with Crippen LogP contribution < -0.4 is 20.3 Å². The molecular formula is C23H31N5O5. The van der Waals surface area contributed by atoms with E-state index in [-0.39, 0.29) is 30.0 Å². The van der Waals surface area contributed by atoms with Gasteiger partial charge in [0, 0.05) is 38.0 Å². The largest absolute Gasteiger partial charge is 0.493 e. The van der Waals surface area contributed by atoms with E-state index >= 15 is 0 Å². The summed E-state index contributed by atoms with van der Waals surface area (Å²) < 4.78 is 16.2. The van der Waals surface area contributed by atoms with Gasteiger partial charge in [0.25, 0.3) is 5.56 Å². The van der Waals surface area contributed by atoms with Gasteiger partial charge in [0.1, 0.15) is 12.3 Å². The fraction of sp³-hybridized carbons (Fsp3) is 0.478. The van der Waals surface area contributed by atoms with Gasteiger partial charge in [0.15, 0.2) is 17.3 Å². The maximum Gasteiger partial charge on any atom is 0.273 e. The van der Waals surface area contributed by atoms with Gasteiger partial charge in [0.2, 0.25) is 5.91 Å². The van der Waals surface area contributed by atoms with Crippen molar-refractivity contribution in [3.05, 3.63) is 46.9 Å². The van der Waals surface area contributed by atoms with Crippen molar-refractivity contribution in [2.75, 3.05) is 53.1 Å². The molecule has 2 heterocycles. The molecule has 1 aromatic heterocycles. The highest BCUT2D eigenvalue weighted by molar-refractivity contribution is 5.76. The Morgan fingerprint density at radius 3 is 2.85 bits per heavy atom. The molecule has 178 valence electrons. The van der Waals surface area contributed by atoms with E-state index in [4.69, 9.17) is 14.2 Å². The molecule has 0 saturated carbocycles. The second-order valence-electron chi connectivity index (χ2n) is 7.57. The van der Waals surface area contributed by atoms with Gasteiger partial charge < -0.3 is 24.5 Å². The molecule has 0 aliphatic carbocycles. The van der Waals surface area contributed by atoms with E-state index < -0.39 is 0 Å². The molecule has 3 rings (SSSR count). The number of benzene rings is 1. The number of hydrogen-bond donors (Lipinski definition) is 2. The van der Waals surface area contributed by atoms with Crippen LogP contribution >= 0.6 is 0 Å². The van der Waals surface area contributed by atoms with Crippen LogP contribution in [-0.4, -0.2) is 79.1 Å². The zero-order valence-corrected chi connectivity index (χ0v) is 19.0. The van der Waals surface area contributed by atoms with Gasteiger partial charge in [0.05, 0.1) is 20.3 Å². The quantitative estimate of drug-likeness (QED) is 0.360. The van der Waals surface area contributed by atoms with E-state index in [9.17, 15) is 9.59 Å². The van der Waals surface area contributed by atoms with Gasteiger partial charge in [-0.3, -0.25) is 14.5 Å². The predicted molar refractivity (Wildman–Crippen MR) is 124 cm³/mol. The second kappa shape index (κ2) is 12.7. The monoisotopic (exact) mass is 457 g/mol. The topological polar surface area (TPSA) is 119 Å². The minimum Gasteiger partial charge on any atom is -0.493 e. The molecule has 0 unspecified atom stereocenters. The van der Waals surface area contributed by atoms with E-state index in [0.717, 1.165) is 39.3 Å². The lowest BCUT2D eigenvalue weighted by molar-refractivity contribution is -0.121. The third kappa shape index (κ3) is 7.40. The Labute approximate surface area is 193 Å². The number of ether oxygens (including phenoxy) is 3. The third-order valence-corrected chi connectivity index (χ3v) is 5.22. The van der Waals surface area contributed by atoms with Crippen LogP contribution in [0.2, 0.25) is 0 Å². The number of aromatic amines is 1. The van der Waals surface area contributed by atoms with Crippen molar-refractivity contribution in [1.29, 1.82) is 0 Å². The summed E-state index contributed by atoms with van der Waals surface area (Å²) in [5.74, 6) is 1.27. The Balaban J connectivity index is 1.49. The lowest BCUT2D eigenvalue weighted by Crippen LogP contribution is -2.38. The highest BCUT2D eigenvalue weighted by atomic mass is 16.5. The number of nitrogens with zero attached hydrogens (tertiary/aromatic N) is 3. The number of morpholine rings is 1. The maximum atomic E-state index is 12.5. The molecule has 33 heavy (non-hydrogen) atoms. The first-order valence-corrected chi connectivity index (χ1v) is 11.1. The Bertz CT molecular complexity index is 987. The Morgan fingerprint density at radius 1 is 1.30 bits per heavy atom. The van der Waals surface area contributed by atoms with Crippen LogP contribution in [-0.2, 0) is 16.0 Å². The van der Waals surface area contributed by atoms with Gasteiger partial charge >= 0.3 is 0 Å². The summed E-state index contributed by atoms with van der Waals surface area (Å²) in [5, 5.41) is 11.0. The Hall–Kier alpha value is -3.24. The molecule has 0 radical (unpaired) electrons. The van der Waals surface area contributed by atoms with Gasteiger partial charge in [-0.05, 0) is 31.2 Å². The van der Waals surface area contributed by atoms with E-state index in [1.807, 2.05) is 0 Å². The molecular weight excluding hydrogens is 426 g/mol. The molecule has 0 atom stereocenters. The number of aryl methyl sites for hydroxylation is 1. The minimum atomic E-state index is -0.369. The molecule has 1 aliphatic heterocycles. The normalized spacial score (nSPS) is 14.0. The summed E-state index contributed by atoms with van der Waals surface area (Å²) in [6.07, 6.45) is 2.91. The highest BCUT2D eigenvalue weighted by Crippen LogP contribution is 2.31. The van der Waals surface area contributed by atoms with Crippen molar-refractivity contribution in [2.45, 2.75) is 19.3 Å². The Kier molecular flexibility index (Phi) is 9.40. The van der Waals surface area contributed by atoms with Crippen molar-refractivity contribution < 1.29 is 19.0 Å². The number of methoxy groups -OCH3 is 1. The van der Waals surface area contributed by atoms with E-state index in [1.54, 1.807) is 24.3 Å². The van der Waals surface area contributed by atoms with Crippen LogP contribution in [0, 0.1) is 0 Å². The number of carbonyl (C=O) groups excluding carboxylic acids is 1. The zero-order valence-electron chi connectivity index (χ0n) is 19.0. The number of aromatic nitrogens is 3. The predicted octanol–water partition coefficient (Wildman–Crippen LogP) is 1.18. The molecule has 2 N–H and O–H groups in total. The van der Waals surface area contributed by atoms with Gasteiger partial charge in [-0.25, -0.2) is 0 Å². The molecule has 1 fully saturated rings. The summed E-state index contributed by atoms with van der Waals surface area (Å²) in [5.41, 5.74) is 0.484. The van der Waals surface area contributed by atoms with Crippen molar-refractivity contribution in [1.82, 2.24) is 25.4 Å². The molecule has 10 heteroatoms. The number of hydrogen-bond acceptors (Lipinski definition) is 8. The first-order chi connectivity index (χ1) is 16.1. The molecule has 1 saturated heterocycles. The first-order valence-electron chi connectivity index (χ1n) is 11.1. The SMILES string of the molecule is C=CCOc1ccc(-c2nnc(CCC(=O)NCCCN3CCOCC3)c(=O)[nH]2)cc1OC. The smallest absolute Gasteiger partial charge is 0.273 e.